The fourth-order valence-electron chi connectivity index (χ4n) is 2.51. The van der Waals surface area contributed by atoms with Gasteiger partial charge in [-0.15, -0.1) is 0 Å². The molecule has 1 aromatic rings. The van der Waals surface area contributed by atoms with Crippen molar-refractivity contribution in [1.29, 1.82) is 0 Å². The molecule has 0 bridgehead atoms. The summed E-state index contributed by atoms with van der Waals surface area (Å²) in [6.45, 7) is 4.86. The molecule has 3 N–H and O–H groups in total. The van der Waals surface area contributed by atoms with Crippen molar-refractivity contribution in [2.24, 2.45) is 0 Å². The lowest BCUT2D eigenvalue weighted by molar-refractivity contribution is -0.117. The molecule has 0 aliphatic carbocycles. The molecular weight excluding hydrogens is 242 g/mol. The lowest BCUT2D eigenvalue weighted by Gasteiger charge is -2.28. The number of amides is 1. The van der Waals surface area contributed by atoms with Crippen molar-refractivity contribution in [3.8, 4) is 0 Å². The molecular formula is C14H21N3O2. The standard InChI is InChI=1S/C14H21N3O2/c1-9(2)17(6-7-18)10-4-5-11-12(8-10)16-14(19)13(11)15-3/h4-5,8-9,13,15,18H,6-7H2,1-3H3,(H,16,19). The summed E-state index contributed by atoms with van der Waals surface area (Å²) in [7, 11) is 1.78. The highest BCUT2D eigenvalue weighted by Gasteiger charge is 2.29. The smallest absolute Gasteiger partial charge is 0.246 e. The van der Waals surface area contributed by atoms with Crippen LogP contribution in [0.2, 0.25) is 0 Å². The summed E-state index contributed by atoms with van der Waals surface area (Å²) in [5.41, 5.74) is 2.84. The van der Waals surface area contributed by atoms with Gasteiger partial charge in [0, 0.05) is 29.5 Å². The Bertz CT molecular complexity index is 474. The molecule has 5 heteroatoms. The number of carbonyl (C=O) groups is 1. The summed E-state index contributed by atoms with van der Waals surface area (Å²) >= 11 is 0. The van der Waals surface area contributed by atoms with Crippen molar-refractivity contribution in [3.05, 3.63) is 23.8 Å². The van der Waals surface area contributed by atoms with Gasteiger partial charge < -0.3 is 20.6 Å². The minimum Gasteiger partial charge on any atom is -0.395 e. The number of aliphatic hydroxyl groups excluding tert-OH is 1. The number of nitrogens with one attached hydrogen (secondary N) is 2. The first kappa shape index (κ1) is 13.8. The van der Waals surface area contributed by atoms with Crippen LogP contribution in [-0.4, -0.2) is 37.3 Å². The average Bonchev–Trinajstić information content (AvgIpc) is 2.69. The first-order chi connectivity index (χ1) is 9.08. The molecule has 1 unspecified atom stereocenters. The zero-order chi connectivity index (χ0) is 14.0. The maximum absolute atomic E-state index is 11.8. The predicted molar refractivity (Wildman–Crippen MR) is 76.4 cm³/mol. The number of nitrogens with zero attached hydrogens (tertiary/aromatic N) is 1. The molecule has 1 aromatic carbocycles. The van der Waals surface area contributed by atoms with Gasteiger partial charge in [-0.25, -0.2) is 0 Å². The van der Waals surface area contributed by atoms with Crippen LogP contribution in [0.1, 0.15) is 25.5 Å². The zero-order valence-electron chi connectivity index (χ0n) is 11.6. The number of likely N-dealkylation sites (N-methyl/N-ethyl adjacent to an activating group) is 1. The van der Waals surface area contributed by atoms with E-state index in [1.807, 2.05) is 18.2 Å². The van der Waals surface area contributed by atoms with E-state index in [-0.39, 0.29) is 18.6 Å². The second-order valence-corrected chi connectivity index (χ2v) is 4.99. The highest BCUT2D eigenvalue weighted by Crippen LogP contribution is 2.34. The number of benzene rings is 1. The number of carbonyl (C=O) groups excluding carboxylic acids is 1. The Hall–Kier alpha value is -1.59. The van der Waals surface area contributed by atoms with Gasteiger partial charge in [-0.2, -0.15) is 0 Å². The summed E-state index contributed by atoms with van der Waals surface area (Å²) in [4.78, 5) is 13.9. The first-order valence-electron chi connectivity index (χ1n) is 6.58. The van der Waals surface area contributed by atoms with Crippen LogP contribution in [0.4, 0.5) is 11.4 Å². The van der Waals surface area contributed by atoms with Crippen molar-refractivity contribution in [2.75, 3.05) is 30.4 Å². The molecule has 1 aliphatic rings. The number of aliphatic hydroxyl groups is 1. The Kier molecular flexibility index (Phi) is 4.07. The Balaban J connectivity index is 2.32. The molecule has 0 spiro atoms. The molecule has 1 atom stereocenters. The zero-order valence-corrected chi connectivity index (χ0v) is 11.6. The van der Waals surface area contributed by atoms with Gasteiger partial charge in [-0.05, 0) is 33.0 Å². The maximum atomic E-state index is 11.8. The van der Waals surface area contributed by atoms with E-state index in [0.717, 1.165) is 16.9 Å². The third-order valence-corrected chi connectivity index (χ3v) is 3.45. The molecule has 0 saturated carbocycles. The van der Waals surface area contributed by atoms with E-state index in [9.17, 15) is 4.79 Å². The molecule has 19 heavy (non-hydrogen) atoms. The third-order valence-electron chi connectivity index (χ3n) is 3.45. The van der Waals surface area contributed by atoms with E-state index in [4.69, 9.17) is 5.11 Å². The van der Waals surface area contributed by atoms with E-state index < -0.39 is 0 Å². The molecule has 5 nitrogen and oxygen atoms in total. The van der Waals surface area contributed by atoms with E-state index in [0.29, 0.717) is 12.6 Å². The van der Waals surface area contributed by atoms with Gasteiger partial charge in [0.05, 0.1) is 6.61 Å². The number of hydrogen-bond acceptors (Lipinski definition) is 4. The van der Waals surface area contributed by atoms with Crippen LogP contribution in [0.3, 0.4) is 0 Å². The van der Waals surface area contributed by atoms with Crippen LogP contribution in [0.5, 0.6) is 0 Å². The summed E-state index contributed by atoms with van der Waals surface area (Å²) < 4.78 is 0. The summed E-state index contributed by atoms with van der Waals surface area (Å²) in [6.07, 6.45) is 0. The molecule has 0 saturated heterocycles. The Morgan fingerprint density at radius 3 is 2.79 bits per heavy atom. The van der Waals surface area contributed by atoms with Crippen LogP contribution < -0.4 is 15.5 Å². The second-order valence-electron chi connectivity index (χ2n) is 4.99. The fraction of sp³-hybridized carbons (Fsp3) is 0.500. The van der Waals surface area contributed by atoms with Crippen LogP contribution in [0.25, 0.3) is 0 Å². The highest BCUT2D eigenvalue weighted by atomic mass is 16.3. The van der Waals surface area contributed by atoms with Crippen molar-refractivity contribution < 1.29 is 9.90 Å². The number of rotatable bonds is 5. The fourth-order valence-corrected chi connectivity index (χ4v) is 2.51. The van der Waals surface area contributed by atoms with Crippen molar-refractivity contribution in [1.82, 2.24) is 5.32 Å². The van der Waals surface area contributed by atoms with E-state index >= 15 is 0 Å². The number of hydrogen-bond donors (Lipinski definition) is 3. The minimum atomic E-state index is -0.269. The lowest BCUT2D eigenvalue weighted by Crippen LogP contribution is -2.33. The van der Waals surface area contributed by atoms with Crippen LogP contribution >= 0.6 is 0 Å². The van der Waals surface area contributed by atoms with Gasteiger partial charge in [-0.3, -0.25) is 4.79 Å². The number of anilines is 2. The topological polar surface area (TPSA) is 64.6 Å². The Morgan fingerprint density at radius 1 is 1.47 bits per heavy atom. The summed E-state index contributed by atoms with van der Waals surface area (Å²) in [6, 6.07) is 5.97. The van der Waals surface area contributed by atoms with Gasteiger partial charge in [0.15, 0.2) is 0 Å². The van der Waals surface area contributed by atoms with Crippen LogP contribution in [-0.2, 0) is 4.79 Å². The quantitative estimate of drug-likeness (QED) is 0.744. The largest absolute Gasteiger partial charge is 0.395 e. The van der Waals surface area contributed by atoms with Crippen LogP contribution in [0, 0.1) is 0 Å². The summed E-state index contributed by atoms with van der Waals surface area (Å²) in [5, 5.41) is 15.0. The molecule has 104 valence electrons. The molecule has 0 fully saturated rings. The summed E-state index contributed by atoms with van der Waals surface area (Å²) in [5.74, 6) is -0.0205. The van der Waals surface area contributed by atoms with Gasteiger partial charge >= 0.3 is 0 Å². The van der Waals surface area contributed by atoms with E-state index in [1.54, 1.807) is 7.05 Å². The molecule has 1 aliphatic heterocycles. The molecule has 0 aromatic heterocycles. The SMILES string of the molecule is CNC1C(=O)Nc2cc(N(CCO)C(C)C)ccc21. The maximum Gasteiger partial charge on any atom is 0.246 e. The van der Waals surface area contributed by atoms with Crippen molar-refractivity contribution in [2.45, 2.75) is 25.9 Å². The lowest BCUT2D eigenvalue weighted by atomic mass is 10.1. The normalized spacial score (nSPS) is 17.5. The Labute approximate surface area is 113 Å². The van der Waals surface area contributed by atoms with Gasteiger partial charge in [0.25, 0.3) is 0 Å². The first-order valence-corrected chi connectivity index (χ1v) is 6.58. The monoisotopic (exact) mass is 263 g/mol. The van der Waals surface area contributed by atoms with Gasteiger partial charge in [-0.1, -0.05) is 6.07 Å². The second kappa shape index (κ2) is 5.59. The van der Waals surface area contributed by atoms with Crippen molar-refractivity contribution in [3.63, 3.8) is 0 Å². The molecule has 1 heterocycles. The van der Waals surface area contributed by atoms with E-state index in [1.165, 1.54) is 0 Å². The predicted octanol–water partition coefficient (Wildman–Crippen LogP) is 1.11. The third kappa shape index (κ3) is 2.57. The van der Waals surface area contributed by atoms with E-state index in [2.05, 4.69) is 29.4 Å². The number of fused-ring (bicyclic) bond motifs is 1. The average molecular weight is 263 g/mol. The molecule has 2 rings (SSSR count). The highest BCUT2D eigenvalue weighted by molar-refractivity contribution is 6.03. The minimum absolute atomic E-state index is 0.0205. The van der Waals surface area contributed by atoms with Crippen molar-refractivity contribution >= 4 is 17.3 Å². The molecule has 0 radical (unpaired) electrons. The van der Waals surface area contributed by atoms with Gasteiger partial charge in [0.2, 0.25) is 5.91 Å². The Morgan fingerprint density at radius 2 is 2.21 bits per heavy atom. The molecule has 1 amide bonds. The van der Waals surface area contributed by atoms with Crippen LogP contribution in [0.15, 0.2) is 18.2 Å². The van der Waals surface area contributed by atoms with Gasteiger partial charge in [0.1, 0.15) is 6.04 Å².